The highest BCUT2D eigenvalue weighted by Gasteiger charge is 2.14. The van der Waals surface area contributed by atoms with E-state index in [1.54, 1.807) is 6.07 Å². The largest absolute Gasteiger partial charge is 0.344 e. The summed E-state index contributed by atoms with van der Waals surface area (Å²) in [6.45, 7) is 0.00173. The zero-order valence-corrected chi connectivity index (χ0v) is 10.1. The van der Waals surface area contributed by atoms with Crippen molar-refractivity contribution in [2.75, 3.05) is 13.1 Å². The van der Waals surface area contributed by atoms with Gasteiger partial charge in [-0.3, -0.25) is 14.7 Å². The Hall–Kier alpha value is -2.81. The third-order valence-electron chi connectivity index (χ3n) is 2.48. The van der Waals surface area contributed by atoms with Crippen LogP contribution in [0.3, 0.4) is 0 Å². The number of benzene rings is 1. The first-order chi connectivity index (χ1) is 9.22. The van der Waals surface area contributed by atoms with E-state index in [4.69, 9.17) is 6.42 Å². The molecule has 6 heteroatoms. The molecule has 0 saturated carbocycles. The molecular weight excluding hydrogens is 244 g/mol. The maximum absolute atomic E-state index is 11.9. The molecule has 0 unspecified atom stereocenters. The lowest BCUT2D eigenvalue weighted by Gasteiger charge is -2.03. The lowest BCUT2D eigenvalue weighted by atomic mass is 10.2. The summed E-state index contributed by atoms with van der Waals surface area (Å²) in [5.74, 6) is 1.53. The Kier molecular flexibility index (Phi) is 3.78. The molecule has 2 amide bonds. The molecule has 0 bridgehead atoms. The smallest absolute Gasteiger partial charge is 0.272 e. The number of para-hydroxylation sites is 1. The topological polar surface area (TPSA) is 86.9 Å². The van der Waals surface area contributed by atoms with Gasteiger partial charge in [0.1, 0.15) is 0 Å². The molecule has 0 spiro atoms. The third kappa shape index (κ3) is 2.90. The first-order valence-electron chi connectivity index (χ1n) is 5.64. The highest BCUT2D eigenvalue weighted by Crippen LogP contribution is 2.14. The fraction of sp³-hybridized carbons (Fsp3) is 0.154. The number of nitrogens with one attached hydrogen (secondary N) is 3. The van der Waals surface area contributed by atoms with Crippen molar-refractivity contribution in [3.63, 3.8) is 0 Å². The highest BCUT2D eigenvalue weighted by molar-refractivity contribution is 6.05. The van der Waals surface area contributed by atoms with Gasteiger partial charge in [-0.2, -0.15) is 5.10 Å². The molecule has 1 heterocycles. The van der Waals surface area contributed by atoms with Crippen LogP contribution in [0.2, 0.25) is 0 Å². The number of terminal acetylenes is 1. The van der Waals surface area contributed by atoms with Crippen LogP contribution in [0.1, 0.15) is 10.5 Å². The molecule has 96 valence electrons. The second kappa shape index (κ2) is 5.69. The van der Waals surface area contributed by atoms with Gasteiger partial charge in [-0.05, 0) is 6.07 Å². The van der Waals surface area contributed by atoms with Crippen LogP contribution in [-0.4, -0.2) is 35.1 Å². The van der Waals surface area contributed by atoms with Crippen molar-refractivity contribution in [3.05, 3.63) is 30.0 Å². The number of rotatable bonds is 4. The van der Waals surface area contributed by atoms with Gasteiger partial charge >= 0.3 is 0 Å². The van der Waals surface area contributed by atoms with Crippen LogP contribution in [-0.2, 0) is 4.79 Å². The van der Waals surface area contributed by atoms with Gasteiger partial charge in [0.25, 0.3) is 5.91 Å². The van der Waals surface area contributed by atoms with E-state index in [2.05, 4.69) is 26.8 Å². The maximum Gasteiger partial charge on any atom is 0.272 e. The number of hydrogen-bond acceptors (Lipinski definition) is 3. The molecule has 0 aliphatic heterocycles. The van der Waals surface area contributed by atoms with Crippen LogP contribution in [0.15, 0.2) is 24.3 Å². The van der Waals surface area contributed by atoms with Crippen LogP contribution >= 0.6 is 0 Å². The molecular formula is C13H12N4O2. The van der Waals surface area contributed by atoms with Crippen molar-refractivity contribution in [2.45, 2.75) is 0 Å². The Morgan fingerprint density at radius 1 is 1.32 bits per heavy atom. The first kappa shape index (κ1) is 12.6. The number of fused-ring (bicyclic) bond motifs is 1. The predicted octanol–water partition coefficient (Wildman–Crippen LogP) is 0.0421. The summed E-state index contributed by atoms with van der Waals surface area (Å²) in [6.07, 6.45) is 5.01. The minimum absolute atomic E-state index is 0.137. The minimum Gasteiger partial charge on any atom is -0.344 e. The third-order valence-corrected chi connectivity index (χ3v) is 2.48. The van der Waals surface area contributed by atoms with Crippen molar-refractivity contribution in [3.8, 4) is 12.3 Å². The summed E-state index contributed by atoms with van der Waals surface area (Å²) in [4.78, 5) is 23.2. The molecule has 19 heavy (non-hydrogen) atoms. The molecule has 0 radical (unpaired) electrons. The summed E-state index contributed by atoms with van der Waals surface area (Å²) in [5.41, 5.74) is 1.03. The van der Waals surface area contributed by atoms with E-state index in [-0.39, 0.29) is 24.7 Å². The molecule has 2 rings (SSSR count). The Morgan fingerprint density at radius 3 is 2.89 bits per heavy atom. The second-order valence-electron chi connectivity index (χ2n) is 3.78. The number of carbonyl (C=O) groups is 2. The van der Waals surface area contributed by atoms with Crippen LogP contribution in [0.5, 0.6) is 0 Å². The molecule has 0 saturated heterocycles. The van der Waals surface area contributed by atoms with Crippen molar-refractivity contribution in [1.82, 2.24) is 20.8 Å². The Balaban J connectivity index is 2.01. The van der Waals surface area contributed by atoms with Gasteiger partial charge in [0.05, 0.1) is 18.6 Å². The van der Waals surface area contributed by atoms with Gasteiger partial charge in [-0.25, -0.2) is 0 Å². The minimum atomic E-state index is -0.409. The van der Waals surface area contributed by atoms with E-state index in [1.807, 2.05) is 18.2 Å². The van der Waals surface area contributed by atoms with Crippen molar-refractivity contribution in [2.24, 2.45) is 0 Å². The van der Waals surface area contributed by atoms with Gasteiger partial charge in [0, 0.05) is 5.39 Å². The molecule has 1 aromatic heterocycles. The maximum atomic E-state index is 11.9. The summed E-state index contributed by atoms with van der Waals surface area (Å²) in [5, 5.41) is 12.3. The Labute approximate surface area is 109 Å². The zero-order chi connectivity index (χ0) is 13.7. The average Bonchev–Trinajstić information content (AvgIpc) is 2.86. The summed E-state index contributed by atoms with van der Waals surface area (Å²) < 4.78 is 0. The molecule has 0 fully saturated rings. The van der Waals surface area contributed by atoms with Crippen molar-refractivity contribution >= 4 is 22.7 Å². The number of amides is 2. The van der Waals surface area contributed by atoms with E-state index in [0.29, 0.717) is 5.39 Å². The van der Waals surface area contributed by atoms with E-state index < -0.39 is 5.91 Å². The molecule has 3 N–H and O–H groups in total. The Bertz CT molecular complexity index is 654. The van der Waals surface area contributed by atoms with Crippen LogP contribution in [0.25, 0.3) is 10.9 Å². The molecule has 0 atom stereocenters. The molecule has 0 aliphatic carbocycles. The summed E-state index contributed by atoms with van der Waals surface area (Å²) in [6, 6.07) is 7.26. The van der Waals surface area contributed by atoms with Crippen molar-refractivity contribution < 1.29 is 9.59 Å². The van der Waals surface area contributed by atoms with Crippen LogP contribution in [0, 0.1) is 12.3 Å². The first-order valence-corrected chi connectivity index (χ1v) is 5.64. The van der Waals surface area contributed by atoms with Gasteiger partial charge in [-0.15, -0.1) is 6.42 Å². The second-order valence-corrected chi connectivity index (χ2v) is 3.78. The molecule has 2 aromatic rings. The van der Waals surface area contributed by atoms with Gasteiger partial charge in [0.15, 0.2) is 5.69 Å². The normalized spacial score (nSPS) is 9.84. The Morgan fingerprint density at radius 2 is 2.11 bits per heavy atom. The fourth-order valence-corrected chi connectivity index (χ4v) is 1.59. The van der Waals surface area contributed by atoms with Gasteiger partial charge in [0.2, 0.25) is 5.91 Å². The molecule has 6 nitrogen and oxygen atoms in total. The zero-order valence-electron chi connectivity index (χ0n) is 10.1. The van der Waals surface area contributed by atoms with E-state index >= 15 is 0 Å². The number of nitrogens with zero attached hydrogens (tertiary/aromatic N) is 1. The monoisotopic (exact) mass is 256 g/mol. The van der Waals surface area contributed by atoms with E-state index in [0.717, 1.165) is 5.52 Å². The summed E-state index contributed by atoms with van der Waals surface area (Å²) in [7, 11) is 0. The van der Waals surface area contributed by atoms with E-state index in [9.17, 15) is 9.59 Å². The standard InChI is InChI=1S/C13H12N4O2/c1-2-7-14-11(18)8-15-13(19)12-9-5-3-4-6-10(9)16-17-12/h1,3-6H,7-8H2,(H,14,18)(H,15,19)(H,16,17). The van der Waals surface area contributed by atoms with Crippen LogP contribution < -0.4 is 10.6 Å². The number of carbonyl (C=O) groups excluding carboxylic acids is 2. The predicted molar refractivity (Wildman–Crippen MR) is 70.3 cm³/mol. The number of H-pyrrole nitrogens is 1. The van der Waals surface area contributed by atoms with E-state index in [1.165, 1.54) is 0 Å². The van der Waals surface area contributed by atoms with Gasteiger partial charge in [-0.1, -0.05) is 24.1 Å². The number of aromatic nitrogens is 2. The lowest BCUT2D eigenvalue weighted by Crippen LogP contribution is -2.37. The molecule has 0 aliphatic rings. The highest BCUT2D eigenvalue weighted by atomic mass is 16.2. The quantitative estimate of drug-likeness (QED) is 0.675. The summed E-state index contributed by atoms with van der Waals surface area (Å²) >= 11 is 0. The van der Waals surface area contributed by atoms with Gasteiger partial charge < -0.3 is 10.6 Å². The van der Waals surface area contributed by atoms with Crippen molar-refractivity contribution in [1.29, 1.82) is 0 Å². The molecule has 1 aromatic carbocycles. The average molecular weight is 256 g/mol. The number of hydrogen-bond donors (Lipinski definition) is 3. The lowest BCUT2D eigenvalue weighted by molar-refractivity contribution is -0.119. The fourth-order valence-electron chi connectivity index (χ4n) is 1.59. The van der Waals surface area contributed by atoms with Crippen LogP contribution in [0.4, 0.5) is 0 Å². The number of aromatic amines is 1. The SMILES string of the molecule is C#CCNC(=O)CNC(=O)c1n[nH]c2ccccc12.